The van der Waals surface area contributed by atoms with Crippen LogP contribution in [0.5, 0.6) is 0 Å². The van der Waals surface area contributed by atoms with E-state index in [4.69, 9.17) is 9.84 Å². The minimum Gasteiger partial charge on any atom is -0.480 e. The minimum atomic E-state index is -1.15. The van der Waals surface area contributed by atoms with E-state index in [1.54, 1.807) is 0 Å². The summed E-state index contributed by atoms with van der Waals surface area (Å²) in [6.07, 6.45) is 0. The maximum atomic E-state index is 11.9. The van der Waals surface area contributed by atoms with Crippen LogP contribution >= 0.6 is 0 Å². The molecule has 0 aliphatic rings. The van der Waals surface area contributed by atoms with Crippen molar-refractivity contribution in [3.63, 3.8) is 0 Å². The van der Waals surface area contributed by atoms with Crippen molar-refractivity contribution in [3.8, 4) is 0 Å². The molecule has 114 valence electrons. The number of benzene rings is 1. The molecular weight excluding hydrogens is 282 g/mol. The first-order valence-corrected chi connectivity index (χ1v) is 5.95. The number of carbonyl (C=O) groups excluding carboxylic acids is 1. The summed E-state index contributed by atoms with van der Waals surface area (Å²) in [6, 6.07) is 4.60. The number of nitro groups is 1. The van der Waals surface area contributed by atoms with Crippen molar-refractivity contribution in [1.29, 1.82) is 0 Å². The van der Waals surface area contributed by atoms with Gasteiger partial charge in [-0.3, -0.25) is 14.9 Å². The lowest BCUT2D eigenvalue weighted by Crippen LogP contribution is -2.40. The Morgan fingerprint density at radius 2 is 2.00 bits per heavy atom. The van der Waals surface area contributed by atoms with Crippen molar-refractivity contribution in [3.05, 3.63) is 34.4 Å². The fourth-order valence-corrected chi connectivity index (χ4v) is 1.49. The largest absolute Gasteiger partial charge is 0.480 e. The highest BCUT2D eigenvalue weighted by Crippen LogP contribution is 2.15. The van der Waals surface area contributed by atoms with Gasteiger partial charge in [0.25, 0.3) is 5.69 Å². The van der Waals surface area contributed by atoms with Crippen LogP contribution in [0.1, 0.15) is 0 Å². The second-order valence-corrected chi connectivity index (χ2v) is 4.04. The lowest BCUT2D eigenvalue weighted by atomic mass is 10.3. The highest BCUT2D eigenvalue weighted by atomic mass is 16.6. The van der Waals surface area contributed by atoms with E-state index >= 15 is 0 Å². The first-order valence-electron chi connectivity index (χ1n) is 5.95. The number of ether oxygens (including phenoxy) is 1. The second-order valence-electron chi connectivity index (χ2n) is 4.04. The normalized spacial score (nSPS) is 9.95. The molecule has 0 saturated carbocycles. The van der Waals surface area contributed by atoms with Gasteiger partial charge in [-0.1, -0.05) is 0 Å². The molecule has 0 saturated heterocycles. The zero-order valence-corrected chi connectivity index (χ0v) is 11.3. The van der Waals surface area contributed by atoms with E-state index < -0.39 is 23.5 Å². The first-order chi connectivity index (χ1) is 9.93. The lowest BCUT2D eigenvalue weighted by molar-refractivity contribution is -0.384. The maximum absolute atomic E-state index is 11.9. The van der Waals surface area contributed by atoms with Crippen LogP contribution in [0.4, 0.5) is 16.2 Å². The summed E-state index contributed by atoms with van der Waals surface area (Å²) in [5.41, 5.74) is 0.230. The van der Waals surface area contributed by atoms with Gasteiger partial charge in [-0.25, -0.2) is 4.79 Å². The van der Waals surface area contributed by atoms with E-state index in [1.807, 2.05) is 0 Å². The molecule has 0 bridgehead atoms. The van der Waals surface area contributed by atoms with Gasteiger partial charge in [-0.05, 0) is 12.1 Å². The smallest absolute Gasteiger partial charge is 0.323 e. The maximum Gasteiger partial charge on any atom is 0.323 e. The zero-order valence-electron chi connectivity index (χ0n) is 11.3. The summed E-state index contributed by atoms with van der Waals surface area (Å²) in [5.74, 6) is -1.15. The third kappa shape index (κ3) is 5.45. The number of carboxylic acid groups (broad SMARTS) is 1. The van der Waals surface area contributed by atoms with Crippen molar-refractivity contribution < 1.29 is 24.4 Å². The topological polar surface area (TPSA) is 122 Å². The number of nitrogens with one attached hydrogen (secondary N) is 1. The van der Waals surface area contributed by atoms with Gasteiger partial charge in [-0.15, -0.1) is 0 Å². The van der Waals surface area contributed by atoms with E-state index in [9.17, 15) is 19.7 Å². The van der Waals surface area contributed by atoms with Gasteiger partial charge in [-0.2, -0.15) is 0 Å². The minimum absolute atomic E-state index is 0.102. The molecule has 0 radical (unpaired) electrons. The highest BCUT2D eigenvalue weighted by molar-refractivity contribution is 5.91. The number of urea groups is 1. The number of anilines is 1. The van der Waals surface area contributed by atoms with Gasteiger partial charge in [0, 0.05) is 31.5 Å². The summed E-state index contributed by atoms with van der Waals surface area (Å²) >= 11 is 0. The number of amides is 2. The highest BCUT2D eigenvalue weighted by Gasteiger charge is 2.17. The molecule has 0 aromatic heterocycles. The van der Waals surface area contributed by atoms with Crippen molar-refractivity contribution >= 4 is 23.4 Å². The molecule has 0 fully saturated rings. The fraction of sp³-hybridized carbons (Fsp3) is 0.333. The number of methoxy groups -OCH3 is 1. The number of non-ortho nitro benzene ring substituents is 1. The Morgan fingerprint density at radius 3 is 2.48 bits per heavy atom. The standard InChI is InChI=1S/C12H15N3O6/c1-21-7-6-14(8-11(16)17)12(18)13-9-2-4-10(5-3-9)15(19)20/h2-5H,6-8H2,1H3,(H,13,18)(H,16,17). The number of nitro benzene ring substituents is 1. The number of rotatable bonds is 7. The molecule has 21 heavy (non-hydrogen) atoms. The van der Waals surface area contributed by atoms with Gasteiger partial charge in [0.05, 0.1) is 11.5 Å². The molecule has 0 aliphatic heterocycles. The monoisotopic (exact) mass is 297 g/mol. The summed E-state index contributed by atoms with van der Waals surface area (Å²) in [6.45, 7) is -0.162. The van der Waals surface area contributed by atoms with Crippen LogP contribution in [0.15, 0.2) is 24.3 Å². The Morgan fingerprint density at radius 1 is 1.38 bits per heavy atom. The van der Waals surface area contributed by atoms with Crippen molar-refractivity contribution in [2.45, 2.75) is 0 Å². The van der Waals surface area contributed by atoms with E-state index in [2.05, 4.69) is 5.32 Å². The average molecular weight is 297 g/mol. The zero-order chi connectivity index (χ0) is 15.8. The van der Waals surface area contributed by atoms with Crippen LogP contribution in [0, 0.1) is 10.1 Å². The van der Waals surface area contributed by atoms with Gasteiger partial charge in [0.15, 0.2) is 0 Å². The van der Waals surface area contributed by atoms with Crippen LogP contribution in [0.2, 0.25) is 0 Å². The van der Waals surface area contributed by atoms with E-state index in [-0.39, 0.29) is 18.8 Å². The molecule has 0 heterocycles. The molecule has 1 aromatic carbocycles. The quantitative estimate of drug-likeness (QED) is 0.575. The molecule has 0 spiro atoms. The summed E-state index contributed by atoms with van der Waals surface area (Å²) in [5, 5.41) is 21.7. The van der Waals surface area contributed by atoms with E-state index in [0.717, 1.165) is 4.90 Å². The molecule has 9 heteroatoms. The summed E-state index contributed by atoms with van der Waals surface area (Å²) in [7, 11) is 1.44. The Labute approximate surface area is 120 Å². The summed E-state index contributed by atoms with van der Waals surface area (Å²) in [4.78, 5) is 33.7. The number of aliphatic carboxylic acids is 1. The van der Waals surface area contributed by atoms with E-state index in [1.165, 1.54) is 31.4 Å². The second kappa shape index (κ2) is 7.80. The van der Waals surface area contributed by atoms with Gasteiger partial charge < -0.3 is 20.1 Å². The van der Waals surface area contributed by atoms with Crippen LogP contribution < -0.4 is 5.32 Å². The molecule has 0 unspecified atom stereocenters. The SMILES string of the molecule is COCCN(CC(=O)O)C(=O)Nc1ccc([N+](=O)[O-])cc1. The number of carboxylic acids is 1. The number of nitrogens with zero attached hydrogens (tertiary/aromatic N) is 2. The molecule has 1 aromatic rings. The molecule has 2 amide bonds. The van der Waals surface area contributed by atoms with Gasteiger partial charge >= 0.3 is 12.0 Å². The van der Waals surface area contributed by atoms with E-state index in [0.29, 0.717) is 5.69 Å². The van der Waals surface area contributed by atoms with Gasteiger partial charge in [0.1, 0.15) is 6.54 Å². The average Bonchev–Trinajstić information content (AvgIpc) is 2.43. The predicted octanol–water partition coefficient (Wildman–Crippen LogP) is 1.16. The molecule has 2 N–H and O–H groups in total. The van der Waals surface area contributed by atoms with Crippen LogP contribution in [-0.4, -0.2) is 53.7 Å². The predicted molar refractivity (Wildman–Crippen MR) is 73.2 cm³/mol. The lowest BCUT2D eigenvalue weighted by Gasteiger charge is -2.20. The Balaban J connectivity index is 2.70. The Hall–Kier alpha value is -2.68. The molecule has 0 atom stereocenters. The number of hydrogen-bond donors (Lipinski definition) is 2. The van der Waals surface area contributed by atoms with Crippen LogP contribution in [0.25, 0.3) is 0 Å². The summed E-state index contributed by atoms with van der Waals surface area (Å²) < 4.78 is 4.81. The molecule has 0 aliphatic carbocycles. The number of hydrogen-bond acceptors (Lipinski definition) is 5. The Kier molecular flexibility index (Phi) is 6.08. The van der Waals surface area contributed by atoms with Crippen molar-refractivity contribution in [2.75, 3.05) is 32.1 Å². The van der Waals surface area contributed by atoms with Crippen molar-refractivity contribution in [1.82, 2.24) is 4.90 Å². The number of carbonyl (C=O) groups is 2. The van der Waals surface area contributed by atoms with Crippen molar-refractivity contribution in [2.24, 2.45) is 0 Å². The van der Waals surface area contributed by atoms with Gasteiger partial charge in [0.2, 0.25) is 0 Å². The third-order valence-electron chi connectivity index (χ3n) is 2.51. The van der Waals surface area contributed by atoms with Crippen LogP contribution in [-0.2, 0) is 9.53 Å². The van der Waals surface area contributed by atoms with Crippen LogP contribution in [0.3, 0.4) is 0 Å². The molecular formula is C12H15N3O6. The molecule has 1 rings (SSSR count). The third-order valence-corrected chi connectivity index (χ3v) is 2.51. The Bertz CT molecular complexity index is 516. The first kappa shape index (κ1) is 16.4. The fourth-order valence-electron chi connectivity index (χ4n) is 1.49. The molecule has 9 nitrogen and oxygen atoms in total.